The molecule has 1 fully saturated rings. The van der Waals surface area contributed by atoms with Crippen molar-refractivity contribution in [3.63, 3.8) is 0 Å². The van der Waals surface area contributed by atoms with Gasteiger partial charge in [0.25, 0.3) is 0 Å². The summed E-state index contributed by atoms with van der Waals surface area (Å²) in [6.07, 6.45) is 60.4. The van der Waals surface area contributed by atoms with Crippen LogP contribution in [0.15, 0.2) is 60.8 Å². The molecule has 7 atom stereocenters. The molecular formula is C65H117NO10. The third-order valence-electron chi connectivity index (χ3n) is 14.6. The fourth-order valence-corrected chi connectivity index (χ4v) is 9.61. The first-order valence-electron chi connectivity index (χ1n) is 31.6. The van der Waals surface area contributed by atoms with Crippen LogP contribution < -0.4 is 5.32 Å². The van der Waals surface area contributed by atoms with Crippen LogP contribution in [0, 0.1) is 0 Å². The molecule has 0 aromatic rings. The van der Waals surface area contributed by atoms with Crippen LogP contribution in [0.4, 0.5) is 0 Å². The second-order valence-corrected chi connectivity index (χ2v) is 21.8. The van der Waals surface area contributed by atoms with Gasteiger partial charge in [-0.1, -0.05) is 248 Å². The van der Waals surface area contributed by atoms with Crippen LogP contribution in [0.1, 0.15) is 277 Å². The quantitative estimate of drug-likeness (QED) is 0.0195. The van der Waals surface area contributed by atoms with Crippen LogP contribution in [0.3, 0.4) is 0 Å². The zero-order valence-corrected chi connectivity index (χ0v) is 48.7. The Morgan fingerprint density at radius 1 is 0.487 bits per heavy atom. The highest BCUT2D eigenvalue weighted by molar-refractivity contribution is 5.76. The summed E-state index contributed by atoms with van der Waals surface area (Å²) >= 11 is 0. The van der Waals surface area contributed by atoms with Crippen molar-refractivity contribution in [2.45, 2.75) is 320 Å². The van der Waals surface area contributed by atoms with Crippen molar-refractivity contribution in [1.82, 2.24) is 5.32 Å². The highest BCUT2D eigenvalue weighted by atomic mass is 16.7. The van der Waals surface area contributed by atoms with Gasteiger partial charge >= 0.3 is 5.97 Å². The number of amides is 1. The van der Waals surface area contributed by atoms with Gasteiger partial charge in [-0.05, 0) is 77.0 Å². The van der Waals surface area contributed by atoms with E-state index in [2.05, 4.69) is 67.8 Å². The van der Waals surface area contributed by atoms with Crippen LogP contribution in [0.2, 0.25) is 0 Å². The summed E-state index contributed by atoms with van der Waals surface area (Å²) in [5.74, 6) is -0.251. The van der Waals surface area contributed by atoms with E-state index in [1.807, 2.05) is 6.08 Å². The van der Waals surface area contributed by atoms with Gasteiger partial charge < -0.3 is 45.1 Å². The van der Waals surface area contributed by atoms with E-state index in [0.29, 0.717) is 19.4 Å². The molecule has 0 aromatic carbocycles. The molecule has 1 saturated heterocycles. The molecule has 1 aliphatic heterocycles. The molecule has 0 spiro atoms. The van der Waals surface area contributed by atoms with Gasteiger partial charge in [-0.15, -0.1) is 0 Å². The molecule has 0 aromatic heterocycles. The van der Waals surface area contributed by atoms with Crippen molar-refractivity contribution in [2.24, 2.45) is 0 Å². The Bertz CT molecular complexity index is 1450. The maximum absolute atomic E-state index is 13.1. The Kier molecular flexibility index (Phi) is 51.0. The minimum atomic E-state index is -1.57. The van der Waals surface area contributed by atoms with E-state index in [-0.39, 0.29) is 18.5 Å². The Labute approximate surface area is 465 Å². The minimum absolute atomic E-state index is 0.0643. The minimum Gasteiger partial charge on any atom is -0.465 e. The molecule has 1 rings (SSSR count). The van der Waals surface area contributed by atoms with Crippen LogP contribution in [-0.2, 0) is 23.8 Å². The Balaban J connectivity index is 2.09. The van der Waals surface area contributed by atoms with E-state index in [4.69, 9.17) is 14.2 Å². The van der Waals surface area contributed by atoms with Crippen molar-refractivity contribution >= 4 is 11.9 Å². The predicted molar refractivity (Wildman–Crippen MR) is 315 cm³/mol. The third kappa shape index (κ3) is 43.3. The lowest BCUT2D eigenvalue weighted by Crippen LogP contribution is -2.60. The van der Waals surface area contributed by atoms with Gasteiger partial charge in [0.2, 0.25) is 5.91 Å². The van der Waals surface area contributed by atoms with Crippen LogP contribution in [-0.4, -0.2) is 100 Å². The number of rotatable bonds is 54. The van der Waals surface area contributed by atoms with Crippen LogP contribution >= 0.6 is 0 Å². The molecule has 0 saturated carbocycles. The standard InChI is InChI=1S/C65H117NO10/c1-3-5-7-9-11-13-15-17-28-31-35-39-43-47-51-58(68)57(56-75-65-64(73)63(72)62(71)59(55-67)76-65)66-60(69)52-48-44-40-36-32-29-25-23-21-19-18-20-22-24-26-30-34-38-42-46-50-54-74-61(70)53-49-45-41-37-33-27-16-14-12-10-8-6-4-2/h8,10,14,16,30,34,42,46-47,51,57-59,62-65,67-68,71-73H,3-7,9,11-13,15,17-29,31-33,35-41,43-45,48-50,52-56H2,1-2H3,(H,66,69)/b10-8-,16-14-,34-30-,46-42-,51-47+. The SMILES string of the molecule is CCC/C=C\C/C=C\CCCCCCCC(=O)OCC/C=C\C/C=C\CCCCCCCCCCCCCCCCC(=O)NC(COC1OC(CO)C(O)C(O)C1O)C(O)/C=C/CCCCCCCCCCCCCC. The lowest BCUT2D eigenvalue weighted by atomic mass is 9.99. The number of carbonyl (C=O) groups excluding carboxylic acids is 2. The highest BCUT2D eigenvalue weighted by Gasteiger charge is 2.44. The molecule has 0 bridgehead atoms. The molecule has 11 nitrogen and oxygen atoms in total. The largest absolute Gasteiger partial charge is 0.465 e. The summed E-state index contributed by atoms with van der Waals surface area (Å²) in [5.41, 5.74) is 0. The molecule has 0 aliphatic carbocycles. The van der Waals surface area contributed by atoms with Crippen LogP contribution in [0.25, 0.3) is 0 Å². The maximum atomic E-state index is 13.1. The number of unbranched alkanes of at least 4 members (excludes halogenated alkanes) is 32. The summed E-state index contributed by atoms with van der Waals surface area (Å²) in [7, 11) is 0. The molecule has 0 radical (unpaired) electrons. The first-order chi connectivity index (χ1) is 37.2. The van der Waals surface area contributed by atoms with Gasteiger partial charge in [0, 0.05) is 12.8 Å². The molecule has 1 aliphatic rings. The van der Waals surface area contributed by atoms with E-state index in [9.17, 15) is 35.1 Å². The molecule has 1 amide bonds. The van der Waals surface area contributed by atoms with E-state index in [1.165, 1.54) is 167 Å². The second-order valence-electron chi connectivity index (χ2n) is 21.8. The van der Waals surface area contributed by atoms with E-state index >= 15 is 0 Å². The van der Waals surface area contributed by atoms with Crippen molar-refractivity contribution in [3.05, 3.63) is 60.8 Å². The Morgan fingerprint density at radius 3 is 1.38 bits per heavy atom. The molecule has 1 heterocycles. The summed E-state index contributed by atoms with van der Waals surface area (Å²) in [6, 6.07) is -0.815. The lowest BCUT2D eigenvalue weighted by molar-refractivity contribution is -0.302. The smallest absolute Gasteiger partial charge is 0.305 e. The van der Waals surface area contributed by atoms with Crippen molar-refractivity contribution < 1.29 is 49.3 Å². The number of hydrogen-bond donors (Lipinski definition) is 6. The van der Waals surface area contributed by atoms with Gasteiger partial charge in [-0.3, -0.25) is 9.59 Å². The van der Waals surface area contributed by atoms with E-state index in [1.54, 1.807) is 6.08 Å². The number of nitrogens with one attached hydrogen (secondary N) is 1. The molecule has 76 heavy (non-hydrogen) atoms. The molecule has 442 valence electrons. The monoisotopic (exact) mass is 1070 g/mol. The summed E-state index contributed by atoms with van der Waals surface area (Å²) in [6.45, 7) is 4.16. The molecule has 11 heteroatoms. The zero-order valence-electron chi connectivity index (χ0n) is 48.7. The first-order valence-corrected chi connectivity index (χ1v) is 31.6. The number of esters is 1. The average molecular weight is 1070 g/mol. The lowest BCUT2D eigenvalue weighted by Gasteiger charge is -2.40. The van der Waals surface area contributed by atoms with E-state index < -0.39 is 49.5 Å². The number of hydrogen-bond acceptors (Lipinski definition) is 10. The van der Waals surface area contributed by atoms with Crippen molar-refractivity contribution in [2.75, 3.05) is 19.8 Å². The fourth-order valence-electron chi connectivity index (χ4n) is 9.61. The van der Waals surface area contributed by atoms with Gasteiger partial charge in [-0.2, -0.15) is 0 Å². The summed E-state index contributed by atoms with van der Waals surface area (Å²) < 4.78 is 16.7. The fraction of sp³-hybridized carbons (Fsp3) is 0.815. The van der Waals surface area contributed by atoms with Gasteiger partial charge in [0.1, 0.15) is 24.4 Å². The number of carbonyl (C=O) groups is 2. The first kappa shape index (κ1) is 71.4. The van der Waals surface area contributed by atoms with Crippen molar-refractivity contribution in [3.8, 4) is 0 Å². The normalized spacial score (nSPS) is 19.1. The third-order valence-corrected chi connectivity index (χ3v) is 14.6. The Morgan fingerprint density at radius 2 is 0.908 bits per heavy atom. The van der Waals surface area contributed by atoms with Gasteiger partial charge in [0.15, 0.2) is 6.29 Å². The van der Waals surface area contributed by atoms with E-state index in [0.717, 1.165) is 83.5 Å². The molecule has 6 N–H and O–H groups in total. The number of ether oxygens (including phenoxy) is 3. The number of aliphatic hydroxyl groups excluding tert-OH is 5. The van der Waals surface area contributed by atoms with Crippen LogP contribution in [0.5, 0.6) is 0 Å². The summed E-state index contributed by atoms with van der Waals surface area (Å²) in [5, 5.41) is 54.5. The highest BCUT2D eigenvalue weighted by Crippen LogP contribution is 2.23. The van der Waals surface area contributed by atoms with Gasteiger partial charge in [-0.25, -0.2) is 0 Å². The zero-order chi connectivity index (χ0) is 55.2. The van der Waals surface area contributed by atoms with Crippen molar-refractivity contribution in [1.29, 1.82) is 0 Å². The second kappa shape index (κ2) is 54.3. The summed E-state index contributed by atoms with van der Waals surface area (Å²) in [4.78, 5) is 25.1. The maximum Gasteiger partial charge on any atom is 0.305 e. The number of allylic oxidation sites excluding steroid dienone is 8. The Hall–Kier alpha value is -2.64. The average Bonchev–Trinajstić information content (AvgIpc) is 3.42. The molecule has 7 unspecified atom stereocenters. The number of aliphatic hydroxyl groups is 5. The molecular weight excluding hydrogens is 955 g/mol. The topological polar surface area (TPSA) is 175 Å². The van der Waals surface area contributed by atoms with Gasteiger partial charge in [0.05, 0.1) is 32.0 Å². The predicted octanol–water partition coefficient (Wildman–Crippen LogP) is 15.0.